The van der Waals surface area contributed by atoms with Crippen LogP contribution in [0.1, 0.15) is 43.2 Å². The molecule has 0 saturated heterocycles. The lowest BCUT2D eigenvalue weighted by Gasteiger charge is -2.31. The number of ether oxygens (including phenoxy) is 2. The number of aromatic nitrogens is 1. The number of aliphatic hydroxyl groups is 1. The lowest BCUT2D eigenvalue weighted by Crippen LogP contribution is -2.38. The Bertz CT molecular complexity index is 1120. The first-order valence-corrected chi connectivity index (χ1v) is 12.7. The number of nitrogens with zero attached hydrogens (tertiary/aromatic N) is 2. The first-order valence-electron chi connectivity index (χ1n) is 11.3. The number of hydrogen-bond acceptors (Lipinski definition) is 6. The van der Waals surface area contributed by atoms with Crippen LogP contribution >= 0.6 is 0 Å². The molecule has 1 fully saturated rings. The van der Waals surface area contributed by atoms with Gasteiger partial charge in [0, 0.05) is 6.20 Å². The van der Waals surface area contributed by atoms with Gasteiger partial charge >= 0.3 is 6.18 Å². The number of anilines is 1. The summed E-state index contributed by atoms with van der Waals surface area (Å²) < 4.78 is 79.2. The van der Waals surface area contributed by atoms with Crippen LogP contribution in [0, 0.1) is 5.92 Å². The van der Waals surface area contributed by atoms with Crippen LogP contribution in [-0.4, -0.2) is 44.9 Å². The van der Waals surface area contributed by atoms with Crippen molar-refractivity contribution < 1.29 is 36.2 Å². The highest BCUT2D eigenvalue weighted by Gasteiger charge is 2.38. The summed E-state index contributed by atoms with van der Waals surface area (Å²) in [7, 11) is -4.48. The second kappa shape index (κ2) is 9.99. The Morgan fingerprint density at radius 3 is 2.65 bits per heavy atom. The molecule has 1 aliphatic heterocycles. The van der Waals surface area contributed by atoms with E-state index in [1.165, 1.54) is 19.3 Å². The standard InChI is InChI=1S/C23H27F3N2O5S/c24-23(25,26)18-14-21(22(27-15-18)33-11-9-29)34(30,31)28-8-10-32-20-7-6-17(13-19(20)28)12-16-4-2-1-3-5-16/h6-7,13-16,29H,1-5,8-12H2. The van der Waals surface area contributed by atoms with E-state index >= 15 is 0 Å². The average Bonchev–Trinajstić information content (AvgIpc) is 2.82. The van der Waals surface area contributed by atoms with Gasteiger partial charge in [-0.1, -0.05) is 38.2 Å². The van der Waals surface area contributed by atoms with Crippen molar-refractivity contribution in [1.29, 1.82) is 0 Å². The highest BCUT2D eigenvalue weighted by atomic mass is 32.2. The molecule has 0 radical (unpaired) electrons. The SMILES string of the molecule is O=S(=O)(c1cc(C(F)(F)F)cnc1OCCO)N1CCOc2ccc(CC3CCCCC3)cc21. The van der Waals surface area contributed by atoms with Gasteiger partial charge in [-0.25, -0.2) is 13.4 Å². The Balaban J connectivity index is 1.72. The molecule has 0 unspecified atom stereocenters. The number of hydrogen-bond donors (Lipinski definition) is 1. The summed E-state index contributed by atoms with van der Waals surface area (Å²) in [4.78, 5) is 2.90. The number of pyridine rings is 1. The van der Waals surface area contributed by atoms with Crippen molar-refractivity contribution in [3.05, 3.63) is 41.6 Å². The molecule has 34 heavy (non-hydrogen) atoms. The van der Waals surface area contributed by atoms with Gasteiger partial charge in [0.25, 0.3) is 10.0 Å². The maximum atomic E-state index is 13.6. The summed E-state index contributed by atoms with van der Waals surface area (Å²) in [6, 6.07) is 5.89. The van der Waals surface area contributed by atoms with Crippen LogP contribution < -0.4 is 13.8 Å². The van der Waals surface area contributed by atoms with E-state index in [1.807, 2.05) is 6.07 Å². The summed E-state index contributed by atoms with van der Waals surface area (Å²) in [6.45, 7) is -0.787. The van der Waals surface area contributed by atoms with E-state index in [1.54, 1.807) is 12.1 Å². The van der Waals surface area contributed by atoms with Crippen LogP contribution in [0.2, 0.25) is 0 Å². The molecule has 1 N–H and O–H groups in total. The molecule has 0 bridgehead atoms. The van der Waals surface area contributed by atoms with E-state index in [4.69, 9.17) is 14.6 Å². The quantitative estimate of drug-likeness (QED) is 0.614. The molecule has 11 heteroatoms. The Morgan fingerprint density at radius 2 is 1.94 bits per heavy atom. The minimum Gasteiger partial charge on any atom is -0.489 e. The first kappa shape index (κ1) is 24.6. The molecule has 4 rings (SSSR count). The predicted molar refractivity (Wildman–Crippen MR) is 119 cm³/mol. The molecular weight excluding hydrogens is 473 g/mol. The Morgan fingerprint density at radius 1 is 1.18 bits per heavy atom. The van der Waals surface area contributed by atoms with Gasteiger partial charge in [-0.2, -0.15) is 13.2 Å². The Kier molecular flexibility index (Phi) is 7.22. The van der Waals surface area contributed by atoms with Gasteiger partial charge in [0.2, 0.25) is 5.88 Å². The van der Waals surface area contributed by atoms with Crippen molar-refractivity contribution in [3.8, 4) is 11.6 Å². The molecule has 0 amide bonds. The lowest BCUT2D eigenvalue weighted by molar-refractivity contribution is -0.138. The Labute approximate surface area is 196 Å². The number of aliphatic hydroxyl groups excluding tert-OH is 1. The normalized spacial score (nSPS) is 17.2. The third kappa shape index (κ3) is 5.25. The summed E-state index contributed by atoms with van der Waals surface area (Å²) in [5, 5.41) is 9.04. The fraction of sp³-hybridized carbons (Fsp3) is 0.522. The molecule has 186 valence electrons. The van der Waals surface area contributed by atoms with Gasteiger partial charge in [0.15, 0.2) is 4.90 Å². The number of benzene rings is 1. The number of rotatable bonds is 7. The highest BCUT2D eigenvalue weighted by Crippen LogP contribution is 2.40. The maximum Gasteiger partial charge on any atom is 0.417 e. The molecule has 1 aliphatic carbocycles. The Hall–Kier alpha value is -2.53. The number of fused-ring (bicyclic) bond motifs is 1. The van der Waals surface area contributed by atoms with Gasteiger partial charge < -0.3 is 14.6 Å². The van der Waals surface area contributed by atoms with Crippen molar-refractivity contribution in [2.45, 2.75) is 49.6 Å². The molecule has 0 spiro atoms. The minimum atomic E-state index is -4.79. The van der Waals surface area contributed by atoms with E-state index in [0.29, 0.717) is 23.9 Å². The third-order valence-corrected chi connectivity index (χ3v) is 7.94. The van der Waals surface area contributed by atoms with E-state index in [2.05, 4.69) is 4.98 Å². The fourth-order valence-electron chi connectivity index (χ4n) is 4.48. The van der Waals surface area contributed by atoms with E-state index < -0.39 is 39.1 Å². The third-order valence-electron chi connectivity index (χ3n) is 6.14. The van der Waals surface area contributed by atoms with Crippen LogP contribution in [0.25, 0.3) is 0 Å². The molecule has 1 aromatic carbocycles. The lowest BCUT2D eigenvalue weighted by atomic mass is 9.85. The molecule has 2 aromatic rings. The summed E-state index contributed by atoms with van der Waals surface area (Å²) >= 11 is 0. The van der Waals surface area contributed by atoms with Gasteiger partial charge in [0.1, 0.15) is 19.0 Å². The summed E-state index contributed by atoms with van der Waals surface area (Å²) in [5.41, 5.74) is 0.0299. The summed E-state index contributed by atoms with van der Waals surface area (Å²) in [6.07, 6.45) is 2.36. The van der Waals surface area contributed by atoms with Crippen molar-refractivity contribution in [2.24, 2.45) is 5.92 Å². The van der Waals surface area contributed by atoms with Crippen molar-refractivity contribution in [1.82, 2.24) is 4.98 Å². The van der Waals surface area contributed by atoms with Gasteiger partial charge in [-0.05, 0) is 36.1 Å². The smallest absolute Gasteiger partial charge is 0.417 e. The molecule has 1 aromatic heterocycles. The topological polar surface area (TPSA) is 89.0 Å². The zero-order valence-corrected chi connectivity index (χ0v) is 19.4. The van der Waals surface area contributed by atoms with Crippen LogP contribution in [0.3, 0.4) is 0 Å². The second-order valence-electron chi connectivity index (χ2n) is 8.53. The van der Waals surface area contributed by atoms with Crippen LogP contribution in [0.15, 0.2) is 35.4 Å². The van der Waals surface area contributed by atoms with E-state index in [9.17, 15) is 21.6 Å². The highest BCUT2D eigenvalue weighted by molar-refractivity contribution is 7.93. The predicted octanol–water partition coefficient (Wildman–Crippen LogP) is 4.18. The summed E-state index contributed by atoms with van der Waals surface area (Å²) in [5.74, 6) is 0.376. The van der Waals surface area contributed by atoms with Gasteiger partial charge in [-0.3, -0.25) is 4.31 Å². The molecule has 2 heterocycles. The largest absolute Gasteiger partial charge is 0.489 e. The molecule has 7 nitrogen and oxygen atoms in total. The zero-order valence-electron chi connectivity index (χ0n) is 18.6. The number of alkyl halides is 3. The van der Waals surface area contributed by atoms with Crippen molar-refractivity contribution in [2.75, 3.05) is 30.7 Å². The van der Waals surface area contributed by atoms with E-state index in [0.717, 1.165) is 29.1 Å². The van der Waals surface area contributed by atoms with Crippen molar-refractivity contribution >= 4 is 15.7 Å². The molecule has 1 saturated carbocycles. The van der Waals surface area contributed by atoms with Crippen LogP contribution in [-0.2, 0) is 22.6 Å². The van der Waals surface area contributed by atoms with Crippen LogP contribution in [0.4, 0.5) is 18.9 Å². The molecule has 2 aliphatic rings. The second-order valence-corrected chi connectivity index (χ2v) is 10.4. The van der Waals surface area contributed by atoms with Gasteiger partial charge in [0.05, 0.1) is 24.4 Å². The van der Waals surface area contributed by atoms with Crippen LogP contribution in [0.5, 0.6) is 11.6 Å². The minimum absolute atomic E-state index is 0.0490. The average molecular weight is 501 g/mol. The monoisotopic (exact) mass is 500 g/mol. The molecule has 0 atom stereocenters. The van der Waals surface area contributed by atoms with E-state index in [-0.39, 0.29) is 25.4 Å². The van der Waals surface area contributed by atoms with Crippen molar-refractivity contribution in [3.63, 3.8) is 0 Å². The maximum absolute atomic E-state index is 13.6. The first-order chi connectivity index (χ1) is 16.2. The van der Waals surface area contributed by atoms with Gasteiger partial charge in [-0.15, -0.1) is 0 Å². The molecular formula is C23H27F3N2O5S. The fourth-order valence-corrected chi connectivity index (χ4v) is 6.04. The number of halogens is 3. The number of sulfonamides is 1. The zero-order chi connectivity index (χ0) is 24.3.